The Morgan fingerprint density at radius 1 is 1.26 bits per heavy atom. The van der Waals surface area contributed by atoms with Gasteiger partial charge in [-0.1, -0.05) is 44.2 Å². The Bertz CT molecular complexity index is 931. The quantitative estimate of drug-likeness (QED) is 0.596. The van der Waals surface area contributed by atoms with E-state index in [4.69, 9.17) is 9.47 Å². The summed E-state index contributed by atoms with van der Waals surface area (Å²) in [5, 5.41) is 2.80. The third kappa shape index (κ3) is 3.67. The molecule has 0 radical (unpaired) electrons. The second kappa shape index (κ2) is 8.20. The van der Waals surface area contributed by atoms with Crippen LogP contribution in [-0.2, 0) is 25.7 Å². The molecule has 2 fully saturated rings. The number of allylic oxidation sites excluding steroid dienone is 1. The maximum Gasteiger partial charge on any atom is 0.407 e. The lowest BCUT2D eigenvalue weighted by atomic mass is 9.58. The smallest absolute Gasteiger partial charge is 0.407 e. The number of benzene rings is 1. The highest BCUT2D eigenvalue weighted by Crippen LogP contribution is 2.52. The van der Waals surface area contributed by atoms with Crippen LogP contribution in [0.25, 0.3) is 0 Å². The highest BCUT2D eigenvalue weighted by molar-refractivity contribution is 14.1. The van der Waals surface area contributed by atoms with Crippen LogP contribution in [0.3, 0.4) is 0 Å². The van der Waals surface area contributed by atoms with E-state index in [-0.39, 0.29) is 23.8 Å². The number of carbonyl (C=O) groups excluding carboxylic acids is 3. The van der Waals surface area contributed by atoms with Crippen LogP contribution in [0.2, 0.25) is 0 Å². The van der Waals surface area contributed by atoms with Crippen molar-refractivity contribution in [2.24, 2.45) is 11.3 Å². The molecule has 2 amide bonds. The highest BCUT2D eigenvalue weighted by Gasteiger charge is 2.64. The van der Waals surface area contributed by atoms with Crippen molar-refractivity contribution in [3.8, 4) is 0 Å². The van der Waals surface area contributed by atoms with Gasteiger partial charge in [0.1, 0.15) is 5.54 Å². The van der Waals surface area contributed by atoms with Crippen LogP contribution in [0.5, 0.6) is 0 Å². The Kier molecular flexibility index (Phi) is 5.89. The molecule has 2 heterocycles. The van der Waals surface area contributed by atoms with E-state index in [2.05, 4.69) is 5.32 Å². The van der Waals surface area contributed by atoms with Gasteiger partial charge in [-0.3, -0.25) is 9.59 Å². The summed E-state index contributed by atoms with van der Waals surface area (Å²) in [5.74, 6) is -0.610. The molecule has 7 nitrogen and oxygen atoms in total. The van der Waals surface area contributed by atoms with Gasteiger partial charge >= 0.3 is 6.09 Å². The molecule has 1 N–H and O–H groups in total. The number of ether oxygens (including phenoxy) is 2. The molecule has 2 aliphatic heterocycles. The summed E-state index contributed by atoms with van der Waals surface area (Å²) in [6.07, 6.45) is 2.11. The number of carbonyl (C=O) groups is 3. The van der Waals surface area contributed by atoms with Gasteiger partial charge in [-0.25, -0.2) is 4.79 Å². The van der Waals surface area contributed by atoms with Gasteiger partial charge in [0.15, 0.2) is 5.78 Å². The van der Waals surface area contributed by atoms with Crippen molar-refractivity contribution in [2.45, 2.75) is 51.0 Å². The first-order valence-corrected chi connectivity index (χ1v) is 11.5. The van der Waals surface area contributed by atoms with Gasteiger partial charge in [0.2, 0.25) is 0 Å². The van der Waals surface area contributed by atoms with Crippen LogP contribution in [0.15, 0.2) is 40.0 Å². The molecule has 0 aromatic heterocycles. The first-order valence-electron chi connectivity index (χ1n) is 10.5. The summed E-state index contributed by atoms with van der Waals surface area (Å²) in [6, 6.07) is 9.80. The fourth-order valence-corrected chi connectivity index (χ4v) is 6.48. The van der Waals surface area contributed by atoms with Gasteiger partial charge in [0.25, 0.3) is 5.91 Å². The predicted molar refractivity (Wildman–Crippen MR) is 122 cm³/mol. The maximum absolute atomic E-state index is 13.8. The van der Waals surface area contributed by atoms with Crippen LogP contribution in [0.1, 0.15) is 32.3 Å². The summed E-state index contributed by atoms with van der Waals surface area (Å²) in [5.41, 5.74) is -1.04. The third-order valence-electron chi connectivity index (χ3n) is 6.95. The molecule has 0 spiro atoms. The lowest BCUT2D eigenvalue weighted by Crippen LogP contribution is -2.72. The van der Waals surface area contributed by atoms with Crippen molar-refractivity contribution in [2.75, 3.05) is 13.7 Å². The number of Topliss-reactive ketones (excluding diaryl/α,β-unsaturated/α-hetero) is 1. The lowest BCUT2D eigenvalue weighted by Gasteiger charge is -2.54. The van der Waals surface area contributed by atoms with E-state index in [9.17, 15) is 14.4 Å². The van der Waals surface area contributed by atoms with Gasteiger partial charge in [0.05, 0.1) is 29.4 Å². The van der Waals surface area contributed by atoms with Crippen LogP contribution < -0.4 is 5.32 Å². The minimum absolute atomic E-state index is 0.0126. The van der Waals surface area contributed by atoms with E-state index < -0.39 is 23.0 Å². The van der Waals surface area contributed by atoms with E-state index in [0.29, 0.717) is 23.2 Å². The largest absolute Gasteiger partial charge is 0.453 e. The number of hydrogen-bond donors (Lipinski definition) is 1. The fourth-order valence-electron chi connectivity index (χ4n) is 5.30. The minimum Gasteiger partial charge on any atom is -0.453 e. The Labute approximate surface area is 195 Å². The number of ketones is 1. The minimum atomic E-state index is -1.30. The van der Waals surface area contributed by atoms with Crippen molar-refractivity contribution in [3.05, 3.63) is 45.6 Å². The average Bonchev–Trinajstić information content (AvgIpc) is 3.16. The van der Waals surface area contributed by atoms with Gasteiger partial charge < -0.3 is 19.7 Å². The number of methoxy groups -OCH3 is 1. The van der Waals surface area contributed by atoms with E-state index in [1.807, 2.05) is 71.7 Å². The molecule has 4 atom stereocenters. The predicted octanol–water partition coefficient (Wildman–Crippen LogP) is 3.22. The monoisotopic (exact) mass is 538 g/mol. The molecular formula is C23H27IN2O5. The summed E-state index contributed by atoms with van der Waals surface area (Å²) < 4.78 is 11.5. The summed E-state index contributed by atoms with van der Waals surface area (Å²) in [4.78, 5) is 40.9. The lowest BCUT2D eigenvalue weighted by molar-refractivity contribution is -0.154. The molecule has 3 aliphatic rings. The number of nitrogens with zero attached hydrogens (tertiary/aromatic N) is 1. The molecule has 0 bridgehead atoms. The zero-order chi connectivity index (χ0) is 22.4. The summed E-state index contributed by atoms with van der Waals surface area (Å²) in [6.45, 7) is 4.74. The number of nitrogens with one attached hydrogen (secondary N) is 1. The number of fused-ring (bicyclic) bond motifs is 2. The van der Waals surface area contributed by atoms with Crippen LogP contribution >= 0.6 is 22.6 Å². The number of alkyl carbamates (subject to hydrolysis) is 1. The fraction of sp³-hybridized carbons (Fsp3) is 0.522. The molecule has 2 saturated heterocycles. The molecule has 1 aliphatic carbocycles. The van der Waals surface area contributed by atoms with Gasteiger partial charge in [0, 0.05) is 17.9 Å². The van der Waals surface area contributed by atoms with Crippen molar-refractivity contribution < 1.29 is 23.9 Å². The van der Waals surface area contributed by atoms with E-state index in [1.165, 1.54) is 7.11 Å². The second-order valence-corrected chi connectivity index (χ2v) is 10.2. The molecule has 0 saturated carbocycles. The van der Waals surface area contributed by atoms with Crippen molar-refractivity contribution in [1.82, 2.24) is 10.2 Å². The standard InChI is InChI=1S/C23H27IN2O5/c1-22(2)18-11-16-17(31-13-14-7-5-4-6-8-14)9-10-26(16)20(28)23(18,25-21(29)30-3)12-15(24)19(22)27/h4-8,12,16-18H,9-11,13H2,1-3H3,(H,25,29)/t16-,17-,18-,23-/m0/s1. The van der Waals surface area contributed by atoms with Gasteiger partial charge in [-0.15, -0.1) is 0 Å². The Balaban J connectivity index is 1.66. The number of piperidine rings is 1. The summed E-state index contributed by atoms with van der Waals surface area (Å²) in [7, 11) is 1.27. The van der Waals surface area contributed by atoms with Gasteiger partial charge in [-0.2, -0.15) is 0 Å². The number of rotatable bonds is 4. The highest BCUT2D eigenvalue weighted by atomic mass is 127. The zero-order valence-electron chi connectivity index (χ0n) is 17.9. The van der Waals surface area contributed by atoms with Gasteiger partial charge in [-0.05, 0) is 47.1 Å². The number of amides is 2. The molecule has 1 aromatic rings. The number of halogens is 1. The van der Waals surface area contributed by atoms with Crippen molar-refractivity contribution >= 4 is 40.4 Å². The SMILES string of the molecule is COC(=O)N[C@@]12C=C(I)C(=O)C(C)(C)[C@@H]1C[C@H]1[C@@H](OCc3ccccc3)CCN1C2=O. The second-order valence-electron chi connectivity index (χ2n) is 9.01. The molecular weight excluding hydrogens is 511 g/mol. The average molecular weight is 538 g/mol. The van der Waals surface area contributed by atoms with E-state index >= 15 is 0 Å². The normalized spacial score (nSPS) is 31.5. The van der Waals surface area contributed by atoms with Crippen LogP contribution in [-0.4, -0.2) is 54.0 Å². The van der Waals surface area contributed by atoms with Crippen molar-refractivity contribution in [1.29, 1.82) is 0 Å². The van der Waals surface area contributed by atoms with Crippen LogP contribution in [0, 0.1) is 11.3 Å². The molecule has 166 valence electrons. The topological polar surface area (TPSA) is 84.9 Å². The Morgan fingerprint density at radius 3 is 2.65 bits per heavy atom. The molecule has 0 unspecified atom stereocenters. The number of hydrogen-bond acceptors (Lipinski definition) is 5. The van der Waals surface area contributed by atoms with E-state index in [0.717, 1.165) is 12.0 Å². The maximum atomic E-state index is 13.8. The summed E-state index contributed by atoms with van der Waals surface area (Å²) >= 11 is 1.96. The van der Waals surface area contributed by atoms with Crippen molar-refractivity contribution in [3.63, 3.8) is 0 Å². The molecule has 1 aromatic carbocycles. The van der Waals surface area contributed by atoms with E-state index in [1.54, 1.807) is 6.08 Å². The first kappa shape index (κ1) is 22.3. The van der Waals surface area contributed by atoms with Crippen LogP contribution in [0.4, 0.5) is 4.79 Å². The Hall–Kier alpha value is -1.94. The third-order valence-corrected chi connectivity index (χ3v) is 7.76. The molecule has 31 heavy (non-hydrogen) atoms. The zero-order valence-corrected chi connectivity index (χ0v) is 20.0. The first-order chi connectivity index (χ1) is 14.7. The molecule has 4 rings (SSSR count). The Morgan fingerprint density at radius 2 is 1.97 bits per heavy atom. The molecule has 8 heteroatoms.